The third-order valence-electron chi connectivity index (χ3n) is 18.9. The van der Waals surface area contributed by atoms with Gasteiger partial charge in [0.1, 0.15) is 36.9 Å². The summed E-state index contributed by atoms with van der Waals surface area (Å²) in [6.45, 7) is 43.3. The molecule has 92 heavy (non-hydrogen) atoms. The van der Waals surface area contributed by atoms with Crippen molar-refractivity contribution < 1.29 is 24.1 Å². The molecule has 0 spiro atoms. The molecule has 0 amide bonds. The molecule has 2 aromatic heterocycles. The first-order valence-corrected chi connectivity index (χ1v) is 39.7. The summed E-state index contributed by atoms with van der Waals surface area (Å²) in [7, 11) is -3.88. The molecule has 0 saturated carbocycles. The van der Waals surface area contributed by atoms with Gasteiger partial charge in [0, 0.05) is 55.2 Å². The molecule has 0 saturated heterocycles. The van der Waals surface area contributed by atoms with Crippen LogP contribution >= 0.6 is 11.6 Å². The molecule has 0 radical (unpaired) electrons. The lowest BCUT2D eigenvalue weighted by Crippen LogP contribution is -2.52. The van der Waals surface area contributed by atoms with Crippen molar-refractivity contribution in [2.45, 2.75) is 160 Å². The molecule has 0 aliphatic heterocycles. The van der Waals surface area contributed by atoms with Crippen molar-refractivity contribution in [3.63, 3.8) is 0 Å². The molecule has 0 atom stereocenters. The maximum Gasteiger partial charge on any atom is 0.147 e. The van der Waals surface area contributed by atoms with E-state index >= 15 is 4.39 Å². The Bertz CT molecular complexity index is 4680. The zero-order valence-electron chi connectivity index (χ0n) is 57.8. The molecule has 0 unspecified atom stereocenters. The Morgan fingerprint density at radius 3 is 1.47 bits per heavy atom. The Kier molecular flexibility index (Phi) is 17.3. The van der Waals surface area contributed by atoms with Gasteiger partial charge >= 0.3 is 0 Å². The normalized spacial score (nSPS) is 12.9. The Morgan fingerprint density at radius 2 is 0.913 bits per heavy atom. The standard InChI is InChI=1S/C82H94ClFN2O4Si2/c1-50-27-32-69-63(36-50)64-46-59(91(15,16)17)29-33-70(64)85(69)73-42-54(81(11,12)48-79(5,6)7)40-65(75(73)87)67-44-56(83)38-52(3)77(67)89-34-23-35-90-78-53(4)39-57(84)45-68(78)66-41-55(82(13,14)49-80(8,9)10)43-74(76(66)88)86-71-37-51(2)26-30-61(71)62-31-28-60(47-72(62)86)92(18,19)58-24-21-20-22-25-58/h20-22,24-33,36-47,87-88H,23,34-35,48-49H2,1-19H3. The Balaban J connectivity index is 0.987. The molecular weight excluding hydrogens is 1190 g/mol. The van der Waals surface area contributed by atoms with Crippen LogP contribution in [-0.4, -0.2) is 48.7 Å². The van der Waals surface area contributed by atoms with E-state index in [9.17, 15) is 10.2 Å². The van der Waals surface area contributed by atoms with Gasteiger partial charge in [0.05, 0.1) is 54.7 Å². The van der Waals surface area contributed by atoms with Gasteiger partial charge in [0.2, 0.25) is 0 Å². The van der Waals surface area contributed by atoms with E-state index in [1.165, 1.54) is 38.6 Å². The van der Waals surface area contributed by atoms with Gasteiger partial charge in [0.15, 0.2) is 0 Å². The number of aromatic nitrogens is 2. The zero-order chi connectivity index (χ0) is 66.5. The van der Waals surface area contributed by atoms with Gasteiger partial charge in [-0.1, -0.05) is 207 Å². The first kappa shape index (κ1) is 65.9. The van der Waals surface area contributed by atoms with Gasteiger partial charge in [-0.25, -0.2) is 4.39 Å². The minimum Gasteiger partial charge on any atom is -0.505 e. The molecule has 0 bridgehead atoms. The average molecular weight is 1280 g/mol. The van der Waals surface area contributed by atoms with E-state index in [-0.39, 0.29) is 46.4 Å². The number of aryl methyl sites for hydroxylation is 4. The Labute approximate surface area is 553 Å². The van der Waals surface area contributed by atoms with Crippen LogP contribution in [0, 0.1) is 44.3 Å². The van der Waals surface area contributed by atoms with Crippen LogP contribution in [0.25, 0.3) is 77.2 Å². The number of rotatable bonds is 17. The van der Waals surface area contributed by atoms with Crippen molar-refractivity contribution in [3.05, 3.63) is 196 Å². The minimum absolute atomic E-state index is 0.00528. The van der Waals surface area contributed by atoms with Crippen molar-refractivity contribution in [3.8, 4) is 56.6 Å². The number of fused-ring (bicyclic) bond motifs is 6. The fourth-order valence-corrected chi connectivity index (χ4v) is 18.7. The van der Waals surface area contributed by atoms with E-state index < -0.39 is 22.0 Å². The summed E-state index contributed by atoms with van der Waals surface area (Å²) >= 11 is 7.06. The quantitative estimate of drug-likeness (QED) is 0.0704. The maximum absolute atomic E-state index is 16.3. The number of benzene rings is 9. The van der Waals surface area contributed by atoms with E-state index in [0.29, 0.717) is 62.1 Å². The Hall–Kier alpha value is -7.57. The van der Waals surface area contributed by atoms with Crippen LogP contribution in [0.4, 0.5) is 4.39 Å². The van der Waals surface area contributed by atoms with Crippen LogP contribution in [-0.2, 0) is 10.8 Å². The van der Waals surface area contributed by atoms with Crippen molar-refractivity contribution in [1.29, 1.82) is 0 Å². The van der Waals surface area contributed by atoms with Crippen LogP contribution in [0.5, 0.6) is 23.0 Å². The highest BCUT2D eigenvalue weighted by Gasteiger charge is 2.35. The largest absolute Gasteiger partial charge is 0.505 e. The highest BCUT2D eigenvalue weighted by atomic mass is 35.5. The monoisotopic (exact) mass is 1280 g/mol. The lowest BCUT2D eigenvalue weighted by molar-refractivity contribution is 0.246. The lowest BCUT2D eigenvalue weighted by atomic mass is 9.71. The summed E-state index contributed by atoms with van der Waals surface area (Å²) in [5, 5.41) is 35.4. The third-order valence-corrected chi connectivity index (χ3v) is 24.7. The highest BCUT2D eigenvalue weighted by Crippen LogP contribution is 2.51. The second kappa shape index (κ2) is 24.1. The van der Waals surface area contributed by atoms with Crippen LogP contribution in [0.15, 0.2) is 152 Å². The summed E-state index contributed by atoms with van der Waals surface area (Å²) < 4.78 is 34.6. The number of nitrogens with zero attached hydrogens (tertiary/aromatic N) is 2. The number of phenolic OH excluding ortho intramolecular Hbond substituents is 2. The summed E-state index contributed by atoms with van der Waals surface area (Å²) in [4.78, 5) is 0. The molecule has 478 valence electrons. The van der Waals surface area contributed by atoms with Gasteiger partial charge in [-0.15, -0.1) is 0 Å². The van der Waals surface area contributed by atoms with Gasteiger partial charge < -0.3 is 28.8 Å². The molecule has 0 aliphatic carbocycles. The summed E-state index contributed by atoms with van der Waals surface area (Å²) in [5.74, 6) is 0.847. The molecular formula is C82H94ClFN2O4Si2. The predicted octanol–water partition coefficient (Wildman–Crippen LogP) is 21.3. The maximum atomic E-state index is 16.3. The molecule has 2 N–H and O–H groups in total. The molecule has 11 aromatic rings. The summed E-state index contributed by atoms with van der Waals surface area (Å²) in [6.07, 6.45) is 2.19. The second-order valence-corrected chi connectivity index (χ2v) is 41.6. The van der Waals surface area contributed by atoms with E-state index in [2.05, 4.69) is 252 Å². The van der Waals surface area contributed by atoms with Gasteiger partial charge in [0.25, 0.3) is 0 Å². The van der Waals surface area contributed by atoms with Crippen LogP contribution in [0.1, 0.15) is 122 Å². The van der Waals surface area contributed by atoms with E-state index in [4.69, 9.17) is 21.1 Å². The molecule has 2 heterocycles. The first-order valence-electron chi connectivity index (χ1n) is 32.8. The lowest BCUT2D eigenvalue weighted by Gasteiger charge is -2.34. The van der Waals surface area contributed by atoms with Crippen LogP contribution in [0.2, 0.25) is 37.8 Å². The fraction of sp³-hybridized carbons (Fsp3) is 0.341. The summed E-state index contributed by atoms with van der Waals surface area (Å²) in [5.41, 5.74) is 12.7. The molecule has 6 nitrogen and oxygen atoms in total. The van der Waals surface area contributed by atoms with Gasteiger partial charge in [-0.3, -0.25) is 0 Å². The highest BCUT2D eigenvalue weighted by molar-refractivity contribution is 7.00. The predicted molar refractivity (Wildman–Crippen MR) is 396 cm³/mol. The molecule has 0 aliphatic rings. The van der Waals surface area contributed by atoms with E-state index in [1.807, 2.05) is 26.0 Å². The van der Waals surface area contributed by atoms with Crippen LogP contribution < -0.4 is 25.0 Å². The first-order chi connectivity index (χ1) is 43.0. The van der Waals surface area contributed by atoms with Gasteiger partial charge in [-0.2, -0.15) is 0 Å². The topological polar surface area (TPSA) is 68.8 Å². The zero-order valence-corrected chi connectivity index (χ0v) is 60.6. The fourth-order valence-electron chi connectivity index (χ4n) is 14.9. The average Bonchev–Trinajstić information content (AvgIpc) is 1.53. The van der Waals surface area contributed by atoms with Crippen LogP contribution in [0.3, 0.4) is 0 Å². The third kappa shape index (κ3) is 12.8. The smallest absolute Gasteiger partial charge is 0.147 e. The van der Waals surface area contributed by atoms with Crippen molar-refractivity contribution in [2.75, 3.05) is 13.2 Å². The van der Waals surface area contributed by atoms with Crippen molar-refractivity contribution in [1.82, 2.24) is 9.13 Å². The van der Waals surface area contributed by atoms with Crippen molar-refractivity contribution in [2.24, 2.45) is 10.8 Å². The SMILES string of the molecule is Cc1ccc2c(c1)c1cc([Si](C)(C)C)ccc1n2-c1cc(C(C)(C)CC(C)(C)C)cc(-c2cc(Cl)cc(C)c2OCCCOc2c(C)cc(F)cc2-c2cc(C(C)(C)CC(C)(C)C)cc(-n3c4cc(C)ccc4c4ccc([Si](C)(C)c5ccccc5)cc43)c2O)c1O. The summed E-state index contributed by atoms with van der Waals surface area (Å²) in [6, 6.07) is 53.1. The van der Waals surface area contributed by atoms with Crippen molar-refractivity contribution >= 4 is 86.9 Å². The number of hydrogen-bond donors (Lipinski definition) is 2. The molecule has 10 heteroatoms. The minimum atomic E-state index is -2.19. The Morgan fingerprint density at radius 1 is 0.446 bits per heavy atom. The number of ether oxygens (including phenoxy) is 2. The molecule has 11 rings (SSSR count). The van der Waals surface area contributed by atoms with E-state index in [0.717, 1.165) is 73.3 Å². The number of aromatic hydroxyl groups is 2. The number of phenols is 2. The number of halogens is 2. The molecule has 9 aromatic carbocycles. The van der Waals surface area contributed by atoms with Gasteiger partial charge in [-0.05, 0) is 169 Å². The second-order valence-electron chi connectivity index (χ2n) is 31.7. The van der Waals surface area contributed by atoms with E-state index in [1.54, 1.807) is 0 Å². The number of hydrogen-bond acceptors (Lipinski definition) is 4. The molecule has 0 fully saturated rings.